The first-order valence-electron chi connectivity index (χ1n) is 33.8. The third kappa shape index (κ3) is 11.1. The fourth-order valence-corrected chi connectivity index (χ4v) is 15.4. The Labute approximate surface area is 588 Å². The van der Waals surface area contributed by atoms with E-state index in [1.165, 1.54) is 11.1 Å². The van der Waals surface area contributed by atoms with Crippen molar-refractivity contribution in [1.29, 1.82) is 0 Å². The largest absolute Gasteiger partial charge is 0.496 e. The van der Waals surface area contributed by atoms with Crippen molar-refractivity contribution in [2.24, 2.45) is 0 Å². The van der Waals surface area contributed by atoms with Crippen LogP contribution in [0, 0.1) is 62.3 Å². The molecule has 2 aliphatic carbocycles. The second-order valence-corrected chi connectivity index (χ2v) is 26.4. The maximum atomic E-state index is 5.94. The molecule has 2 aliphatic rings. The van der Waals surface area contributed by atoms with Gasteiger partial charge in [-0.1, -0.05) is 30.3 Å². The van der Waals surface area contributed by atoms with Crippen LogP contribution < -0.4 is 52.8 Å². The van der Waals surface area contributed by atoms with Crippen molar-refractivity contribution in [2.45, 2.75) is 67.7 Å². The SMILES string of the molecule is COc1ccc(N(c2ccc(C)c(C)c2)c2ccc3c(c2)C2(c4cc(N(c5ccc(OC)c(C)c5)c5ccc(OC)c(C)c5)ccc4-3)c3cc(N(c4ccc(OC)c(C)c4)c4ccc(OC)c(C)c4)ccc3-c3ccc(N(c4ccc(OC)c(C)c4)c4ccc(OC)c(C)c4)cc32)cc1C. The van der Waals surface area contributed by atoms with Gasteiger partial charge in [0.05, 0.1) is 55.2 Å². The highest BCUT2D eigenvalue weighted by Gasteiger charge is 2.53. The predicted octanol–water partition coefficient (Wildman–Crippen LogP) is 22.7. The van der Waals surface area contributed by atoms with Crippen molar-refractivity contribution >= 4 is 68.2 Å². The molecule has 0 unspecified atom stereocenters. The molecule has 0 N–H and O–H groups in total. The van der Waals surface area contributed by atoms with Gasteiger partial charge in [-0.15, -0.1) is 0 Å². The molecule has 0 saturated carbocycles. The minimum Gasteiger partial charge on any atom is -0.496 e. The van der Waals surface area contributed by atoms with Gasteiger partial charge in [-0.2, -0.15) is 0 Å². The van der Waals surface area contributed by atoms with Gasteiger partial charge in [0, 0.05) is 68.2 Å². The number of rotatable bonds is 19. The van der Waals surface area contributed by atoms with Crippen LogP contribution in [0.5, 0.6) is 40.2 Å². The van der Waals surface area contributed by atoms with Crippen LogP contribution in [0.4, 0.5) is 68.2 Å². The Balaban J connectivity index is 1.13. The average Bonchev–Trinajstić information content (AvgIpc) is 1.50. The van der Waals surface area contributed by atoms with Gasteiger partial charge in [0.15, 0.2) is 0 Å². The van der Waals surface area contributed by atoms with Crippen LogP contribution in [-0.2, 0) is 5.41 Å². The lowest BCUT2D eigenvalue weighted by Gasteiger charge is -2.35. The summed E-state index contributed by atoms with van der Waals surface area (Å²) in [5, 5.41) is 0. The topological polar surface area (TPSA) is 77.6 Å². The quantitative estimate of drug-likeness (QED) is 0.0777. The Bertz CT molecular complexity index is 4720. The number of aryl methyl sites for hydroxylation is 9. The van der Waals surface area contributed by atoms with E-state index in [0.717, 1.165) is 192 Å². The molecule has 12 aromatic carbocycles. The lowest BCUT2D eigenvalue weighted by molar-refractivity contribution is 0.411. The smallest absolute Gasteiger partial charge is 0.121 e. The summed E-state index contributed by atoms with van der Waals surface area (Å²) in [6.45, 7) is 19.1. The van der Waals surface area contributed by atoms with Gasteiger partial charge in [-0.25, -0.2) is 0 Å². The number of hydrogen-bond acceptors (Lipinski definition) is 11. The van der Waals surface area contributed by atoms with Crippen molar-refractivity contribution in [2.75, 3.05) is 69.4 Å². The standard InChI is InChI=1S/C89H84N4O7/c1-53-17-18-62(41-54(53)2)90(63-23-34-82(94-10)55(3)42-63)70-19-30-74-75-31-20-71(91(64-24-35-83(95-11)56(4)43-64)65-25-36-84(96-12)57(5)44-65)50-79(75)89(78(74)49-70)80-51-72(92(66-26-37-85(97-13)58(6)45-66)67-27-38-86(98-14)59(7)46-67)21-32-76(80)77-33-22-73(52-81(77)89)93(68-28-39-87(99-15)60(8)47-68)69-29-40-88(100-16)61(9)48-69/h17-52H,1-16H3. The summed E-state index contributed by atoms with van der Waals surface area (Å²) < 4.78 is 41.5. The summed E-state index contributed by atoms with van der Waals surface area (Å²) in [4.78, 5) is 9.53. The molecule has 0 saturated heterocycles. The number of hydrogen-bond donors (Lipinski definition) is 0. The molecule has 11 nitrogen and oxygen atoms in total. The van der Waals surface area contributed by atoms with Gasteiger partial charge in [-0.05, 0) is 345 Å². The molecule has 1 spiro atoms. The zero-order chi connectivity index (χ0) is 70.0. The van der Waals surface area contributed by atoms with E-state index in [9.17, 15) is 0 Å². The van der Waals surface area contributed by atoms with Gasteiger partial charge >= 0.3 is 0 Å². The van der Waals surface area contributed by atoms with Crippen LogP contribution in [0.3, 0.4) is 0 Å². The highest BCUT2D eigenvalue weighted by Crippen LogP contribution is 2.66. The summed E-state index contributed by atoms with van der Waals surface area (Å²) in [5.74, 6) is 5.69. The van der Waals surface area contributed by atoms with Gasteiger partial charge in [-0.3, -0.25) is 0 Å². The van der Waals surface area contributed by atoms with Gasteiger partial charge in [0.25, 0.3) is 0 Å². The Morgan fingerprint density at radius 2 is 0.340 bits per heavy atom. The van der Waals surface area contributed by atoms with E-state index in [-0.39, 0.29) is 0 Å². The third-order valence-electron chi connectivity index (χ3n) is 20.4. The Kier molecular flexibility index (Phi) is 17.3. The van der Waals surface area contributed by atoms with E-state index in [2.05, 4.69) is 300 Å². The van der Waals surface area contributed by atoms with E-state index in [0.29, 0.717) is 0 Å². The van der Waals surface area contributed by atoms with Gasteiger partial charge in [0.1, 0.15) is 40.2 Å². The van der Waals surface area contributed by atoms with Gasteiger partial charge in [0.2, 0.25) is 0 Å². The van der Waals surface area contributed by atoms with E-state index in [1.54, 1.807) is 49.8 Å². The molecular weight excluding hydrogens is 1240 g/mol. The minimum atomic E-state index is -1.02. The van der Waals surface area contributed by atoms with Crippen molar-refractivity contribution in [3.63, 3.8) is 0 Å². The molecule has 11 heteroatoms. The fraction of sp³-hybridized carbons (Fsp3) is 0.191. The van der Waals surface area contributed by atoms with Crippen LogP contribution >= 0.6 is 0 Å². The van der Waals surface area contributed by atoms with Crippen LogP contribution in [0.2, 0.25) is 0 Å². The van der Waals surface area contributed by atoms with E-state index in [4.69, 9.17) is 33.2 Å². The zero-order valence-corrected chi connectivity index (χ0v) is 59.9. The second-order valence-electron chi connectivity index (χ2n) is 26.4. The second kappa shape index (κ2) is 26.4. The van der Waals surface area contributed by atoms with Crippen molar-refractivity contribution in [3.05, 3.63) is 291 Å². The number of fused-ring (bicyclic) bond motifs is 10. The number of ether oxygens (including phenoxy) is 7. The normalized spacial score (nSPS) is 12.1. The summed E-state index contributed by atoms with van der Waals surface area (Å²) in [6, 6.07) is 80.4. The molecular formula is C89H84N4O7. The molecule has 14 rings (SSSR count). The van der Waals surface area contributed by atoms with Crippen LogP contribution in [0.25, 0.3) is 22.3 Å². The lowest BCUT2D eigenvalue weighted by atomic mass is 9.70. The van der Waals surface area contributed by atoms with Crippen molar-refractivity contribution < 1.29 is 33.2 Å². The minimum absolute atomic E-state index is 0.812. The molecule has 100 heavy (non-hydrogen) atoms. The molecule has 0 aromatic heterocycles. The molecule has 0 fully saturated rings. The van der Waals surface area contributed by atoms with Crippen LogP contribution in [-0.4, -0.2) is 49.8 Å². The van der Waals surface area contributed by atoms with Crippen molar-refractivity contribution in [1.82, 2.24) is 0 Å². The van der Waals surface area contributed by atoms with Crippen molar-refractivity contribution in [3.8, 4) is 62.5 Å². The first kappa shape index (κ1) is 65.7. The first-order valence-corrected chi connectivity index (χ1v) is 33.8. The Morgan fingerprint density at radius 1 is 0.180 bits per heavy atom. The zero-order valence-electron chi connectivity index (χ0n) is 59.9. The molecule has 0 amide bonds. The first-order chi connectivity index (χ1) is 48.4. The summed E-state index contributed by atoms with van der Waals surface area (Å²) in [6.07, 6.45) is 0. The molecule has 0 atom stereocenters. The number of anilines is 12. The Morgan fingerprint density at radius 3 is 0.510 bits per heavy atom. The Hall–Kier alpha value is -11.6. The van der Waals surface area contributed by atoms with Gasteiger partial charge < -0.3 is 52.8 Å². The number of benzene rings is 12. The maximum Gasteiger partial charge on any atom is 0.121 e. The van der Waals surface area contributed by atoms with E-state index in [1.807, 2.05) is 0 Å². The molecule has 0 heterocycles. The average molecular weight is 1320 g/mol. The number of nitrogens with zero attached hydrogens (tertiary/aromatic N) is 4. The monoisotopic (exact) mass is 1320 g/mol. The fourth-order valence-electron chi connectivity index (χ4n) is 15.4. The molecule has 0 aliphatic heterocycles. The lowest BCUT2D eigenvalue weighted by Crippen LogP contribution is -2.27. The summed E-state index contributed by atoms with van der Waals surface area (Å²) in [7, 11) is 12.1. The molecule has 0 radical (unpaired) electrons. The van der Waals surface area contributed by atoms with Crippen LogP contribution in [0.15, 0.2) is 218 Å². The number of methoxy groups -OCH3 is 7. The molecule has 12 aromatic rings. The van der Waals surface area contributed by atoms with E-state index < -0.39 is 5.41 Å². The summed E-state index contributed by atoms with van der Waals surface area (Å²) >= 11 is 0. The maximum absolute atomic E-state index is 5.94. The third-order valence-corrected chi connectivity index (χ3v) is 20.4. The highest BCUT2D eigenvalue weighted by atomic mass is 16.5. The predicted molar refractivity (Wildman–Crippen MR) is 410 cm³/mol. The molecule has 0 bridgehead atoms. The molecule has 502 valence electrons. The summed E-state index contributed by atoms with van der Waals surface area (Å²) in [5.41, 5.74) is 29.3. The highest BCUT2D eigenvalue weighted by molar-refractivity contribution is 6.00. The van der Waals surface area contributed by atoms with E-state index >= 15 is 0 Å². The van der Waals surface area contributed by atoms with Crippen LogP contribution in [0.1, 0.15) is 72.3 Å².